The normalized spacial score (nSPS) is 10.2. The van der Waals surface area contributed by atoms with Crippen LogP contribution in [0.5, 0.6) is 5.75 Å². The van der Waals surface area contributed by atoms with Gasteiger partial charge >= 0.3 is 0 Å². The maximum absolute atomic E-state index is 6.13. The van der Waals surface area contributed by atoms with E-state index in [-0.39, 0.29) is 0 Å². The summed E-state index contributed by atoms with van der Waals surface area (Å²) in [6, 6.07) is 11.2. The molecule has 0 unspecified atom stereocenters. The van der Waals surface area contributed by atoms with Gasteiger partial charge in [-0.1, -0.05) is 11.6 Å². The zero-order valence-corrected chi connectivity index (χ0v) is 12.6. The van der Waals surface area contributed by atoms with Crippen LogP contribution in [-0.4, -0.2) is 7.11 Å². The molecular formula is C13H12ClIN2O. The Hall–Kier alpha value is -1.14. The van der Waals surface area contributed by atoms with Crippen molar-refractivity contribution in [3.8, 4) is 5.75 Å². The minimum absolute atomic E-state index is 0.615. The van der Waals surface area contributed by atoms with Crippen molar-refractivity contribution in [3.63, 3.8) is 0 Å². The average molecular weight is 375 g/mol. The summed E-state index contributed by atoms with van der Waals surface area (Å²) in [5.74, 6) is 0.729. The Kier molecular flexibility index (Phi) is 4.19. The van der Waals surface area contributed by atoms with E-state index in [1.807, 2.05) is 30.3 Å². The van der Waals surface area contributed by atoms with E-state index in [0.717, 1.165) is 20.7 Å². The predicted molar refractivity (Wildman–Crippen MR) is 84.9 cm³/mol. The van der Waals surface area contributed by atoms with Crippen LogP contribution in [0.3, 0.4) is 0 Å². The van der Waals surface area contributed by atoms with Gasteiger partial charge in [0.1, 0.15) is 5.75 Å². The SMILES string of the molecule is COc1ccc(Nc2cc(I)ccc2Cl)c(N)c1. The molecule has 0 aliphatic carbocycles. The Morgan fingerprint density at radius 3 is 2.61 bits per heavy atom. The summed E-state index contributed by atoms with van der Waals surface area (Å²) in [6.45, 7) is 0. The summed E-state index contributed by atoms with van der Waals surface area (Å²) >= 11 is 8.36. The first-order valence-electron chi connectivity index (χ1n) is 5.26. The molecule has 0 aliphatic rings. The molecule has 0 saturated carbocycles. The fraction of sp³-hybridized carbons (Fsp3) is 0.0769. The predicted octanol–water partition coefficient (Wildman–Crippen LogP) is 4.28. The third-order valence-electron chi connectivity index (χ3n) is 2.46. The molecule has 2 aromatic carbocycles. The molecule has 0 saturated heterocycles. The standard InChI is InChI=1S/C13H12ClIN2O/c1-18-9-3-5-12(11(16)7-9)17-13-6-8(15)2-4-10(13)14/h2-7,17H,16H2,1H3. The number of nitrogen functional groups attached to an aromatic ring is 1. The Balaban J connectivity index is 2.31. The summed E-state index contributed by atoms with van der Waals surface area (Å²) in [5, 5.41) is 3.87. The number of hydrogen-bond acceptors (Lipinski definition) is 3. The van der Waals surface area contributed by atoms with Gasteiger partial charge in [0.2, 0.25) is 0 Å². The van der Waals surface area contributed by atoms with Gasteiger partial charge in [0.15, 0.2) is 0 Å². The third-order valence-corrected chi connectivity index (χ3v) is 3.46. The van der Waals surface area contributed by atoms with Crippen molar-refractivity contribution in [1.29, 1.82) is 0 Å². The lowest BCUT2D eigenvalue weighted by Crippen LogP contribution is -1.97. The monoisotopic (exact) mass is 374 g/mol. The zero-order valence-electron chi connectivity index (χ0n) is 9.71. The van der Waals surface area contributed by atoms with E-state index in [0.29, 0.717) is 10.7 Å². The van der Waals surface area contributed by atoms with Crippen molar-refractivity contribution in [3.05, 3.63) is 45.0 Å². The number of rotatable bonds is 3. The fourth-order valence-corrected chi connectivity index (χ4v) is 2.18. The zero-order chi connectivity index (χ0) is 13.1. The third kappa shape index (κ3) is 3.00. The number of nitrogens with two attached hydrogens (primary N) is 1. The van der Waals surface area contributed by atoms with Crippen LogP contribution in [0.25, 0.3) is 0 Å². The van der Waals surface area contributed by atoms with Gasteiger partial charge in [0.25, 0.3) is 0 Å². The Bertz CT molecular complexity index is 575. The molecule has 3 N–H and O–H groups in total. The maximum atomic E-state index is 6.13. The van der Waals surface area contributed by atoms with Crippen molar-refractivity contribution < 1.29 is 4.74 Å². The molecule has 0 radical (unpaired) electrons. The maximum Gasteiger partial charge on any atom is 0.121 e. The van der Waals surface area contributed by atoms with Crippen LogP contribution < -0.4 is 15.8 Å². The summed E-state index contributed by atoms with van der Waals surface area (Å²) in [7, 11) is 1.61. The average Bonchev–Trinajstić information content (AvgIpc) is 2.36. The van der Waals surface area contributed by atoms with E-state index in [4.69, 9.17) is 22.1 Å². The molecule has 0 heterocycles. The molecule has 0 spiro atoms. The lowest BCUT2D eigenvalue weighted by Gasteiger charge is -2.12. The molecule has 0 bridgehead atoms. The fourth-order valence-electron chi connectivity index (χ4n) is 1.52. The van der Waals surface area contributed by atoms with Crippen LogP contribution in [0.1, 0.15) is 0 Å². The van der Waals surface area contributed by atoms with E-state index >= 15 is 0 Å². The lowest BCUT2D eigenvalue weighted by molar-refractivity contribution is 0.415. The molecular weight excluding hydrogens is 363 g/mol. The highest BCUT2D eigenvalue weighted by atomic mass is 127. The highest BCUT2D eigenvalue weighted by Crippen LogP contribution is 2.31. The minimum Gasteiger partial charge on any atom is -0.497 e. The number of halogens is 2. The van der Waals surface area contributed by atoms with Gasteiger partial charge < -0.3 is 15.8 Å². The van der Waals surface area contributed by atoms with Gasteiger partial charge in [0, 0.05) is 9.64 Å². The topological polar surface area (TPSA) is 47.3 Å². The first-order valence-corrected chi connectivity index (χ1v) is 6.71. The van der Waals surface area contributed by atoms with Crippen LogP contribution >= 0.6 is 34.2 Å². The molecule has 2 rings (SSSR count). The number of nitrogens with one attached hydrogen (secondary N) is 1. The summed E-state index contributed by atoms with van der Waals surface area (Å²) < 4.78 is 6.21. The lowest BCUT2D eigenvalue weighted by atomic mass is 10.2. The number of hydrogen-bond donors (Lipinski definition) is 2. The second kappa shape index (κ2) is 5.67. The van der Waals surface area contributed by atoms with Gasteiger partial charge in [-0.15, -0.1) is 0 Å². The van der Waals surface area contributed by atoms with Gasteiger partial charge in [-0.3, -0.25) is 0 Å². The molecule has 0 atom stereocenters. The molecule has 3 nitrogen and oxygen atoms in total. The van der Waals surface area contributed by atoms with Crippen molar-refractivity contribution in [1.82, 2.24) is 0 Å². The van der Waals surface area contributed by atoms with Crippen LogP contribution in [0.2, 0.25) is 5.02 Å². The van der Waals surface area contributed by atoms with Crippen molar-refractivity contribution >= 4 is 51.3 Å². The molecule has 18 heavy (non-hydrogen) atoms. The van der Waals surface area contributed by atoms with Gasteiger partial charge in [-0.05, 0) is 52.9 Å². The second-order valence-corrected chi connectivity index (χ2v) is 5.36. The molecule has 0 aromatic heterocycles. The van der Waals surface area contributed by atoms with Gasteiger partial charge in [-0.2, -0.15) is 0 Å². The number of methoxy groups -OCH3 is 1. The Morgan fingerprint density at radius 1 is 1.17 bits per heavy atom. The minimum atomic E-state index is 0.615. The first-order chi connectivity index (χ1) is 8.60. The molecule has 0 amide bonds. The molecule has 2 aromatic rings. The first kappa shape index (κ1) is 13.3. The van der Waals surface area contributed by atoms with E-state index in [2.05, 4.69) is 27.9 Å². The van der Waals surface area contributed by atoms with E-state index < -0.39 is 0 Å². The van der Waals surface area contributed by atoms with E-state index in [9.17, 15) is 0 Å². The number of benzene rings is 2. The van der Waals surface area contributed by atoms with Gasteiger partial charge in [0.05, 0.1) is 29.2 Å². The van der Waals surface area contributed by atoms with Crippen LogP contribution in [0.15, 0.2) is 36.4 Å². The smallest absolute Gasteiger partial charge is 0.121 e. The molecule has 0 fully saturated rings. The molecule has 0 aliphatic heterocycles. The van der Waals surface area contributed by atoms with Crippen LogP contribution in [-0.2, 0) is 0 Å². The molecule has 94 valence electrons. The van der Waals surface area contributed by atoms with Crippen LogP contribution in [0.4, 0.5) is 17.1 Å². The molecule has 5 heteroatoms. The second-order valence-electron chi connectivity index (χ2n) is 3.70. The van der Waals surface area contributed by atoms with Crippen LogP contribution in [0, 0.1) is 3.57 Å². The summed E-state index contributed by atoms with van der Waals surface area (Å²) in [6.07, 6.45) is 0. The summed E-state index contributed by atoms with van der Waals surface area (Å²) in [4.78, 5) is 0. The highest BCUT2D eigenvalue weighted by Gasteiger charge is 2.05. The van der Waals surface area contributed by atoms with Crippen molar-refractivity contribution in [2.75, 3.05) is 18.2 Å². The number of anilines is 3. The van der Waals surface area contributed by atoms with Crippen molar-refractivity contribution in [2.24, 2.45) is 0 Å². The van der Waals surface area contributed by atoms with E-state index in [1.165, 1.54) is 0 Å². The Labute approximate surface area is 124 Å². The summed E-state index contributed by atoms with van der Waals surface area (Å²) in [5.41, 5.74) is 8.20. The quantitative estimate of drug-likeness (QED) is 0.623. The highest BCUT2D eigenvalue weighted by molar-refractivity contribution is 14.1. The number of ether oxygens (including phenoxy) is 1. The van der Waals surface area contributed by atoms with Crippen molar-refractivity contribution in [2.45, 2.75) is 0 Å². The van der Waals surface area contributed by atoms with E-state index in [1.54, 1.807) is 13.2 Å². The largest absolute Gasteiger partial charge is 0.497 e. The van der Waals surface area contributed by atoms with Gasteiger partial charge in [-0.25, -0.2) is 0 Å². The Morgan fingerprint density at radius 2 is 1.94 bits per heavy atom.